The van der Waals surface area contributed by atoms with Crippen molar-refractivity contribution < 1.29 is 4.79 Å². The van der Waals surface area contributed by atoms with E-state index >= 15 is 0 Å². The van der Waals surface area contributed by atoms with Crippen LogP contribution in [0.4, 0.5) is 5.69 Å². The average molecular weight is 412 g/mol. The first-order valence-corrected chi connectivity index (χ1v) is 11.9. The number of fused-ring (bicyclic) bond motifs is 5. The number of nitrogens with one attached hydrogen (secondary N) is 1. The normalized spacial score (nSPS) is 31.9. The fraction of sp³-hybridized carbons (Fsp3) is 0.636. The number of piperazine rings is 1. The molecule has 2 bridgehead atoms. The van der Waals surface area contributed by atoms with Gasteiger partial charge in [-0.2, -0.15) is 4.37 Å². The summed E-state index contributed by atoms with van der Waals surface area (Å²) in [6, 6.07) is 7.53. The smallest absolute Gasteiger partial charge is 0.271 e. The van der Waals surface area contributed by atoms with Crippen LogP contribution in [0.3, 0.4) is 0 Å². The summed E-state index contributed by atoms with van der Waals surface area (Å²) in [5.74, 6) is 0.636. The van der Waals surface area contributed by atoms with Gasteiger partial charge in [-0.3, -0.25) is 9.69 Å². The van der Waals surface area contributed by atoms with E-state index in [1.807, 2.05) is 0 Å². The highest BCUT2D eigenvalue weighted by Gasteiger charge is 2.35. The van der Waals surface area contributed by atoms with Crippen LogP contribution >= 0.6 is 11.5 Å². The Kier molecular flexibility index (Phi) is 4.50. The second-order valence-corrected chi connectivity index (χ2v) is 10.0. The van der Waals surface area contributed by atoms with Crippen molar-refractivity contribution in [2.75, 3.05) is 50.7 Å². The number of aromatic nitrogens is 1. The molecule has 6 nitrogen and oxygen atoms in total. The Morgan fingerprint density at radius 2 is 1.97 bits per heavy atom. The fourth-order valence-corrected chi connectivity index (χ4v) is 6.69. The lowest BCUT2D eigenvalue weighted by Gasteiger charge is -2.44. The van der Waals surface area contributed by atoms with Crippen LogP contribution in [0.1, 0.15) is 36.2 Å². The largest absolute Gasteiger partial charge is 0.369 e. The highest BCUT2D eigenvalue weighted by molar-refractivity contribution is 7.13. The number of carbonyl (C=O) groups excluding carboxylic acids is 1. The number of piperidine rings is 3. The van der Waals surface area contributed by atoms with Gasteiger partial charge in [0.2, 0.25) is 0 Å². The molecule has 7 rings (SSSR count). The zero-order chi connectivity index (χ0) is 19.4. The summed E-state index contributed by atoms with van der Waals surface area (Å²) in [5, 5.41) is 4.29. The first-order valence-electron chi connectivity index (χ1n) is 11.2. The summed E-state index contributed by atoms with van der Waals surface area (Å²) in [4.78, 5) is 20.6. The Bertz CT molecular complexity index is 921. The Morgan fingerprint density at radius 1 is 1.07 bits per heavy atom. The van der Waals surface area contributed by atoms with Crippen LogP contribution in [-0.4, -0.2) is 78.0 Å². The zero-order valence-corrected chi connectivity index (χ0v) is 17.7. The van der Waals surface area contributed by atoms with Gasteiger partial charge in [0.1, 0.15) is 5.69 Å². The molecule has 5 aliphatic heterocycles. The van der Waals surface area contributed by atoms with Gasteiger partial charge in [0.15, 0.2) is 0 Å². The molecule has 0 aliphatic carbocycles. The number of hydrogen-bond acceptors (Lipinski definition) is 6. The van der Waals surface area contributed by atoms with E-state index in [0.717, 1.165) is 29.7 Å². The number of hydrogen-bond donors (Lipinski definition) is 1. The maximum absolute atomic E-state index is 13.0. The highest BCUT2D eigenvalue weighted by atomic mass is 32.1. The molecule has 5 fully saturated rings. The first kappa shape index (κ1) is 18.1. The van der Waals surface area contributed by atoms with E-state index in [1.165, 1.54) is 69.1 Å². The number of amides is 1. The van der Waals surface area contributed by atoms with Gasteiger partial charge in [0.25, 0.3) is 5.91 Å². The monoisotopic (exact) mass is 411 g/mol. The van der Waals surface area contributed by atoms with Gasteiger partial charge in [-0.25, -0.2) is 0 Å². The summed E-state index contributed by atoms with van der Waals surface area (Å²) in [7, 11) is 0. The van der Waals surface area contributed by atoms with Crippen LogP contribution in [-0.2, 0) is 0 Å². The van der Waals surface area contributed by atoms with Crippen molar-refractivity contribution >= 4 is 33.2 Å². The summed E-state index contributed by atoms with van der Waals surface area (Å²) in [6.07, 6.45) is 5.08. The Morgan fingerprint density at radius 3 is 2.79 bits per heavy atom. The van der Waals surface area contributed by atoms with Crippen molar-refractivity contribution in [1.82, 2.24) is 19.5 Å². The van der Waals surface area contributed by atoms with Crippen LogP contribution in [0.2, 0.25) is 0 Å². The fourth-order valence-electron chi connectivity index (χ4n) is 5.88. The van der Waals surface area contributed by atoms with Crippen molar-refractivity contribution in [3.8, 4) is 0 Å². The molecule has 5 saturated heterocycles. The number of rotatable bonds is 3. The molecule has 1 N–H and O–H groups in total. The maximum atomic E-state index is 13.0. The molecular weight excluding hydrogens is 382 g/mol. The van der Waals surface area contributed by atoms with Crippen molar-refractivity contribution in [3.63, 3.8) is 0 Å². The van der Waals surface area contributed by atoms with E-state index in [2.05, 4.69) is 42.6 Å². The van der Waals surface area contributed by atoms with Gasteiger partial charge in [-0.05, 0) is 81.0 Å². The van der Waals surface area contributed by atoms with E-state index in [4.69, 9.17) is 0 Å². The molecule has 6 heterocycles. The predicted octanol–water partition coefficient (Wildman–Crippen LogP) is 2.40. The zero-order valence-electron chi connectivity index (χ0n) is 16.8. The summed E-state index contributed by atoms with van der Waals surface area (Å²) >= 11 is 1.46. The van der Waals surface area contributed by atoms with Crippen LogP contribution < -0.4 is 10.2 Å². The van der Waals surface area contributed by atoms with Crippen molar-refractivity contribution in [1.29, 1.82) is 0 Å². The van der Waals surface area contributed by atoms with Crippen LogP contribution in [0.25, 0.3) is 10.1 Å². The third kappa shape index (κ3) is 3.23. The lowest BCUT2D eigenvalue weighted by molar-refractivity contribution is 0.0619. The van der Waals surface area contributed by atoms with Crippen LogP contribution in [0.15, 0.2) is 18.2 Å². The molecule has 1 aromatic heterocycles. The minimum atomic E-state index is 0.00215. The van der Waals surface area contributed by atoms with E-state index in [0.29, 0.717) is 17.7 Å². The van der Waals surface area contributed by atoms with E-state index < -0.39 is 0 Å². The van der Waals surface area contributed by atoms with Gasteiger partial charge in [-0.1, -0.05) is 0 Å². The summed E-state index contributed by atoms with van der Waals surface area (Å²) < 4.78 is 5.67. The molecule has 0 radical (unpaired) electrons. The molecule has 2 atom stereocenters. The molecule has 0 saturated carbocycles. The molecule has 1 unspecified atom stereocenters. The topological polar surface area (TPSA) is 51.7 Å². The van der Waals surface area contributed by atoms with Gasteiger partial charge in [0.05, 0.1) is 4.70 Å². The quantitative estimate of drug-likeness (QED) is 0.841. The Balaban J connectivity index is 1.19. The Labute approximate surface area is 176 Å². The SMILES string of the molecule is O=C(N[C@H]1CN2CCC1CC2)c1nsc2cc(N3CCN4CCCC4C3)ccc12. The second-order valence-electron chi connectivity index (χ2n) is 9.21. The minimum absolute atomic E-state index is 0.00215. The molecule has 154 valence electrons. The molecule has 7 heteroatoms. The van der Waals surface area contributed by atoms with Crippen molar-refractivity contribution in [2.24, 2.45) is 5.92 Å². The maximum Gasteiger partial charge on any atom is 0.271 e. The lowest BCUT2D eigenvalue weighted by atomic mass is 9.84. The Hall–Kier alpha value is -1.70. The third-order valence-electron chi connectivity index (χ3n) is 7.60. The number of carbonyl (C=O) groups is 1. The van der Waals surface area contributed by atoms with Gasteiger partial charge >= 0.3 is 0 Å². The van der Waals surface area contributed by atoms with Gasteiger partial charge in [0, 0.05) is 49.3 Å². The van der Waals surface area contributed by atoms with Crippen molar-refractivity contribution in [2.45, 2.75) is 37.8 Å². The number of nitrogens with zero attached hydrogens (tertiary/aromatic N) is 4. The molecule has 1 aromatic carbocycles. The highest BCUT2D eigenvalue weighted by Crippen LogP contribution is 2.32. The minimum Gasteiger partial charge on any atom is -0.369 e. The second kappa shape index (κ2) is 7.22. The van der Waals surface area contributed by atoms with E-state index in [-0.39, 0.29) is 11.9 Å². The number of benzene rings is 1. The van der Waals surface area contributed by atoms with Crippen molar-refractivity contribution in [3.05, 3.63) is 23.9 Å². The number of anilines is 1. The summed E-state index contributed by atoms with van der Waals surface area (Å²) in [5.41, 5.74) is 1.88. The summed E-state index contributed by atoms with van der Waals surface area (Å²) in [6.45, 7) is 8.02. The first-order chi connectivity index (χ1) is 14.2. The molecule has 1 amide bonds. The molecule has 2 aromatic rings. The third-order valence-corrected chi connectivity index (χ3v) is 8.40. The molecule has 0 spiro atoms. The average Bonchev–Trinajstić information content (AvgIpc) is 3.40. The molecule has 29 heavy (non-hydrogen) atoms. The standard InChI is InChI=1S/C22H29N5OS/c28-22(23-19-14-25-8-5-15(19)6-9-25)21-18-4-3-16(12-20(18)29-24-21)27-11-10-26-7-1-2-17(26)13-27/h3-4,12,15,17,19H,1-2,5-11,13-14H2,(H,23,28)/t17?,19-/m0/s1. The van der Waals surface area contributed by atoms with E-state index in [9.17, 15) is 4.79 Å². The van der Waals surface area contributed by atoms with Gasteiger partial charge in [-0.15, -0.1) is 0 Å². The molecular formula is C22H29N5OS. The predicted molar refractivity (Wildman–Crippen MR) is 117 cm³/mol. The lowest BCUT2D eigenvalue weighted by Crippen LogP contribution is -2.57. The van der Waals surface area contributed by atoms with Gasteiger partial charge < -0.3 is 15.1 Å². The van der Waals surface area contributed by atoms with Crippen LogP contribution in [0.5, 0.6) is 0 Å². The van der Waals surface area contributed by atoms with E-state index in [1.54, 1.807) is 0 Å². The molecule has 5 aliphatic rings. The van der Waals surface area contributed by atoms with Crippen LogP contribution in [0, 0.1) is 5.92 Å².